The van der Waals surface area contributed by atoms with Gasteiger partial charge in [0.1, 0.15) is 0 Å². The maximum atomic E-state index is 12.4. The summed E-state index contributed by atoms with van der Waals surface area (Å²) in [6.45, 7) is 2.26. The van der Waals surface area contributed by atoms with Crippen molar-refractivity contribution in [3.8, 4) is 0 Å². The number of anilines is 1. The van der Waals surface area contributed by atoms with E-state index in [9.17, 15) is 9.59 Å². The Morgan fingerprint density at radius 1 is 0.960 bits per heavy atom. The van der Waals surface area contributed by atoms with Crippen LogP contribution in [0.15, 0.2) is 42.5 Å². The molecule has 0 unspecified atom stereocenters. The van der Waals surface area contributed by atoms with Crippen molar-refractivity contribution in [2.75, 3.05) is 31.6 Å². The SMILES string of the molecule is O=C(Nc1ccc(Cl)cc1Cl)c1ccc(C(=O)N2CCOCC2)cc1. The van der Waals surface area contributed by atoms with Crippen molar-refractivity contribution < 1.29 is 14.3 Å². The maximum absolute atomic E-state index is 12.4. The number of nitrogens with zero attached hydrogens (tertiary/aromatic N) is 1. The fourth-order valence-corrected chi connectivity index (χ4v) is 2.95. The van der Waals surface area contributed by atoms with Crippen molar-refractivity contribution in [3.05, 3.63) is 63.6 Å². The van der Waals surface area contributed by atoms with E-state index >= 15 is 0 Å². The van der Waals surface area contributed by atoms with Crippen molar-refractivity contribution in [2.24, 2.45) is 0 Å². The van der Waals surface area contributed by atoms with E-state index in [0.717, 1.165) is 0 Å². The van der Waals surface area contributed by atoms with Gasteiger partial charge in [-0.1, -0.05) is 23.2 Å². The van der Waals surface area contributed by atoms with Crippen LogP contribution in [-0.4, -0.2) is 43.0 Å². The van der Waals surface area contributed by atoms with Crippen molar-refractivity contribution in [3.63, 3.8) is 0 Å². The normalized spacial score (nSPS) is 14.2. The minimum Gasteiger partial charge on any atom is -0.378 e. The second-order valence-corrected chi connectivity index (χ2v) is 6.40. The molecule has 0 radical (unpaired) electrons. The van der Waals surface area contributed by atoms with Gasteiger partial charge >= 0.3 is 0 Å². The molecule has 0 bridgehead atoms. The number of hydrogen-bond acceptors (Lipinski definition) is 3. The molecule has 25 heavy (non-hydrogen) atoms. The number of carbonyl (C=O) groups excluding carboxylic acids is 2. The van der Waals surface area contributed by atoms with Crippen LogP contribution in [0.1, 0.15) is 20.7 Å². The first-order chi connectivity index (χ1) is 12.0. The van der Waals surface area contributed by atoms with Crippen LogP contribution in [0.3, 0.4) is 0 Å². The molecule has 0 aliphatic carbocycles. The van der Waals surface area contributed by atoms with Crippen molar-refractivity contribution >= 4 is 40.7 Å². The lowest BCUT2D eigenvalue weighted by atomic mass is 10.1. The predicted octanol–water partition coefficient (Wildman–Crippen LogP) is 3.72. The van der Waals surface area contributed by atoms with Crippen LogP contribution in [-0.2, 0) is 4.74 Å². The summed E-state index contributed by atoms with van der Waals surface area (Å²) in [5.74, 6) is -0.370. The highest BCUT2D eigenvalue weighted by molar-refractivity contribution is 6.36. The molecule has 0 atom stereocenters. The Labute approximate surface area is 155 Å². The minimum absolute atomic E-state index is 0.0593. The summed E-state index contributed by atoms with van der Waals surface area (Å²) in [7, 11) is 0. The highest BCUT2D eigenvalue weighted by Gasteiger charge is 2.18. The van der Waals surface area contributed by atoms with Gasteiger partial charge in [0, 0.05) is 29.2 Å². The molecule has 0 spiro atoms. The van der Waals surface area contributed by atoms with E-state index in [4.69, 9.17) is 27.9 Å². The van der Waals surface area contributed by atoms with Crippen molar-refractivity contribution in [1.82, 2.24) is 4.90 Å². The zero-order chi connectivity index (χ0) is 17.8. The molecule has 1 aliphatic heterocycles. The standard InChI is InChI=1S/C18H16Cl2N2O3/c19-14-5-6-16(15(20)11-14)21-17(23)12-1-3-13(4-2-12)18(24)22-7-9-25-10-8-22/h1-6,11H,7-10H2,(H,21,23). The average Bonchev–Trinajstić information content (AvgIpc) is 2.64. The van der Waals surface area contributed by atoms with Gasteiger partial charge in [0.25, 0.3) is 11.8 Å². The number of rotatable bonds is 3. The van der Waals surface area contributed by atoms with Gasteiger partial charge in [0.2, 0.25) is 0 Å². The summed E-state index contributed by atoms with van der Waals surface area (Å²) in [6, 6.07) is 11.4. The Morgan fingerprint density at radius 2 is 1.60 bits per heavy atom. The number of amides is 2. The van der Waals surface area contributed by atoms with Crippen LogP contribution in [0.5, 0.6) is 0 Å². The topological polar surface area (TPSA) is 58.6 Å². The van der Waals surface area contributed by atoms with Gasteiger partial charge in [0.05, 0.1) is 23.9 Å². The quantitative estimate of drug-likeness (QED) is 0.885. The van der Waals surface area contributed by atoms with Crippen LogP contribution >= 0.6 is 23.2 Å². The highest BCUT2D eigenvalue weighted by Crippen LogP contribution is 2.25. The number of nitrogens with one attached hydrogen (secondary N) is 1. The third-order valence-electron chi connectivity index (χ3n) is 3.87. The number of halogens is 2. The average molecular weight is 379 g/mol. The molecule has 2 amide bonds. The minimum atomic E-state index is -0.311. The fraction of sp³-hybridized carbons (Fsp3) is 0.222. The molecule has 1 N–H and O–H groups in total. The van der Waals surface area contributed by atoms with E-state index in [0.29, 0.717) is 53.2 Å². The number of ether oxygens (including phenoxy) is 1. The van der Waals surface area contributed by atoms with E-state index in [1.807, 2.05) is 0 Å². The van der Waals surface area contributed by atoms with Crippen LogP contribution in [0.4, 0.5) is 5.69 Å². The van der Waals surface area contributed by atoms with E-state index < -0.39 is 0 Å². The smallest absolute Gasteiger partial charge is 0.255 e. The van der Waals surface area contributed by atoms with Crippen LogP contribution < -0.4 is 5.32 Å². The Hall–Kier alpha value is -2.08. The third-order valence-corrected chi connectivity index (χ3v) is 4.42. The van der Waals surface area contributed by atoms with Gasteiger partial charge in [-0.25, -0.2) is 0 Å². The van der Waals surface area contributed by atoms with Gasteiger partial charge in [-0.2, -0.15) is 0 Å². The first-order valence-electron chi connectivity index (χ1n) is 7.78. The summed E-state index contributed by atoms with van der Waals surface area (Å²) >= 11 is 11.9. The Kier molecular flexibility index (Phi) is 5.58. The number of carbonyl (C=O) groups is 2. The molecular weight excluding hydrogens is 363 g/mol. The molecule has 5 nitrogen and oxygen atoms in total. The highest BCUT2D eigenvalue weighted by atomic mass is 35.5. The van der Waals surface area contributed by atoms with E-state index in [-0.39, 0.29) is 11.8 Å². The van der Waals surface area contributed by atoms with Gasteiger partial charge in [-0.15, -0.1) is 0 Å². The van der Waals surface area contributed by atoms with Crippen LogP contribution in [0.2, 0.25) is 10.0 Å². The van der Waals surface area contributed by atoms with Crippen molar-refractivity contribution in [1.29, 1.82) is 0 Å². The van der Waals surface area contributed by atoms with Gasteiger partial charge in [0.15, 0.2) is 0 Å². The zero-order valence-corrected chi connectivity index (χ0v) is 14.8. The molecule has 3 rings (SSSR count). The first kappa shape index (κ1) is 17.7. The molecular formula is C18H16Cl2N2O3. The second-order valence-electron chi connectivity index (χ2n) is 5.56. The number of benzene rings is 2. The molecule has 0 saturated carbocycles. The summed E-state index contributed by atoms with van der Waals surface area (Å²) in [5.41, 5.74) is 1.46. The summed E-state index contributed by atoms with van der Waals surface area (Å²) in [4.78, 5) is 26.4. The third kappa shape index (κ3) is 4.31. The predicted molar refractivity (Wildman–Crippen MR) is 97.6 cm³/mol. The summed E-state index contributed by atoms with van der Waals surface area (Å²) in [5, 5.41) is 3.58. The van der Waals surface area contributed by atoms with E-state index in [2.05, 4.69) is 5.32 Å². The second kappa shape index (κ2) is 7.87. The van der Waals surface area contributed by atoms with Crippen LogP contribution in [0, 0.1) is 0 Å². The van der Waals surface area contributed by atoms with Gasteiger partial charge in [-0.05, 0) is 42.5 Å². The van der Waals surface area contributed by atoms with Crippen molar-refractivity contribution in [2.45, 2.75) is 0 Å². The lowest BCUT2D eigenvalue weighted by Crippen LogP contribution is -2.40. The molecule has 0 aromatic heterocycles. The Bertz CT molecular complexity index is 787. The largest absolute Gasteiger partial charge is 0.378 e. The number of morpholine rings is 1. The molecule has 7 heteroatoms. The molecule has 1 aliphatic rings. The van der Waals surface area contributed by atoms with E-state index in [1.54, 1.807) is 47.4 Å². The molecule has 2 aromatic rings. The lowest BCUT2D eigenvalue weighted by molar-refractivity contribution is 0.0303. The molecule has 1 saturated heterocycles. The first-order valence-corrected chi connectivity index (χ1v) is 8.53. The summed E-state index contributed by atoms with van der Waals surface area (Å²) < 4.78 is 5.24. The molecule has 2 aromatic carbocycles. The number of hydrogen-bond donors (Lipinski definition) is 1. The Morgan fingerprint density at radius 3 is 2.24 bits per heavy atom. The molecule has 1 heterocycles. The van der Waals surface area contributed by atoms with Gasteiger partial charge in [-0.3, -0.25) is 9.59 Å². The molecule has 130 valence electrons. The molecule has 1 fully saturated rings. The maximum Gasteiger partial charge on any atom is 0.255 e. The van der Waals surface area contributed by atoms with Gasteiger partial charge < -0.3 is 15.0 Å². The van der Waals surface area contributed by atoms with E-state index in [1.165, 1.54) is 0 Å². The van der Waals surface area contributed by atoms with Crippen LogP contribution in [0.25, 0.3) is 0 Å². The zero-order valence-electron chi connectivity index (χ0n) is 13.3. The monoisotopic (exact) mass is 378 g/mol. The fourth-order valence-electron chi connectivity index (χ4n) is 2.50. The summed E-state index contributed by atoms with van der Waals surface area (Å²) in [6.07, 6.45) is 0. The lowest BCUT2D eigenvalue weighted by Gasteiger charge is -2.26. The Balaban J connectivity index is 1.68.